The molecule has 0 atom stereocenters. The minimum absolute atomic E-state index is 0.0746. The summed E-state index contributed by atoms with van der Waals surface area (Å²) in [4.78, 5) is 11.2. The lowest BCUT2D eigenvalue weighted by atomic mass is 10.3. The van der Waals surface area contributed by atoms with E-state index in [4.69, 9.17) is 5.11 Å². The average Bonchev–Trinajstić information content (AvgIpc) is 2.58. The van der Waals surface area contributed by atoms with Crippen molar-refractivity contribution in [2.24, 2.45) is 0 Å². The van der Waals surface area contributed by atoms with Crippen LogP contribution in [0.4, 0.5) is 0 Å². The molecule has 0 aliphatic rings. The molecule has 18 heavy (non-hydrogen) atoms. The SMILES string of the molecule is O=C(O)c1cc(Br)nn1-c1c(Br)cc(Br)cc1Br. The monoisotopic (exact) mass is 500 g/mol. The van der Waals surface area contributed by atoms with Gasteiger partial charge < -0.3 is 5.11 Å². The smallest absolute Gasteiger partial charge is 0.354 e. The second kappa shape index (κ2) is 5.44. The largest absolute Gasteiger partial charge is 0.477 e. The maximum absolute atomic E-state index is 11.2. The summed E-state index contributed by atoms with van der Waals surface area (Å²) >= 11 is 13.3. The molecule has 0 spiro atoms. The fourth-order valence-corrected chi connectivity index (χ4v) is 4.38. The van der Waals surface area contributed by atoms with Crippen LogP contribution in [0.25, 0.3) is 5.69 Å². The van der Waals surface area contributed by atoms with E-state index in [0.717, 1.165) is 13.4 Å². The predicted molar refractivity (Wildman–Crippen MR) is 81.3 cm³/mol. The maximum atomic E-state index is 11.2. The highest BCUT2D eigenvalue weighted by molar-refractivity contribution is 9.11. The van der Waals surface area contributed by atoms with E-state index in [1.54, 1.807) is 0 Å². The third kappa shape index (κ3) is 2.71. The molecule has 94 valence electrons. The van der Waals surface area contributed by atoms with Gasteiger partial charge in [-0.3, -0.25) is 0 Å². The molecule has 1 aromatic heterocycles. The molecule has 0 saturated heterocycles. The number of aromatic nitrogens is 2. The van der Waals surface area contributed by atoms with Crippen LogP contribution < -0.4 is 0 Å². The number of carboxylic acid groups (broad SMARTS) is 1. The Kier molecular flexibility index (Phi) is 4.30. The molecule has 2 rings (SSSR count). The Bertz CT molecular complexity index is 616. The molecule has 2 aromatic rings. The first-order valence-electron chi connectivity index (χ1n) is 4.54. The number of aromatic carboxylic acids is 1. The summed E-state index contributed by atoms with van der Waals surface area (Å²) in [5.41, 5.74) is 0.701. The van der Waals surface area contributed by atoms with Gasteiger partial charge in [0.2, 0.25) is 0 Å². The van der Waals surface area contributed by atoms with Crippen LogP contribution in [0, 0.1) is 0 Å². The molecule has 1 heterocycles. The summed E-state index contributed by atoms with van der Waals surface area (Å²) in [7, 11) is 0. The van der Waals surface area contributed by atoms with Gasteiger partial charge in [0.15, 0.2) is 5.69 Å². The van der Waals surface area contributed by atoms with Crippen molar-refractivity contribution in [2.45, 2.75) is 0 Å². The standard InChI is InChI=1S/C10H4Br4N2O2/c11-4-1-5(12)9(6(13)2-4)16-7(10(17)18)3-8(14)15-16/h1-3H,(H,17,18). The number of nitrogens with zero attached hydrogens (tertiary/aromatic N) is 2. The van der Waals surface area contributed by atoms with Crippen molar-refractivity contribution in [1.29, 1.82) is 0 Å². The van der Waals surface area contributed by atoms with Crippen molar-refractivity contribution in [3.05, 3.63) is 41.9 Å². The Morgan fingerprint density at radius 1 is 1.11 bits per heavy atom. The van der Waals surface area contributed by atoms with E-state index < -0.39 is 5.97 Å². The summed E-state index contributed by atoms with van der Waals surface area (Å²) in [5.74, 6) is -1.05. The Morgan fingerprint density at radius 3 is 2.17 bits per heavy atom. The molecule has 1 N–H and O–H groups in total. The molecule has 0 aliphatic carbocycles. The van der Waals surface area contributed by atoms with E-state index in [9.17, 15) is 4.79 Å². The Hall–Kier alpha value is -0.180. The van der Waals surface area contributed by atoms with Gasteiger partial charge in [-0.25, -0.2) is 9.48 Å². The molecule has 0 fully saturated rings. The molecule has 0 bridgehead atoms. The molecule has 0 amide bonds. The van der Waals surface area contributed by atoms with Crippen molar-refractivity contribution in [1.82, 2.24) is 9.78 Å². The summed E-state index contributed by atoms with van der Waals surface area (Å²) in [6.07, 6.45) is 0. The predicted octanol–water partition coefficient (Wildman–Crippen LogP) is 4.62. The van der Waals surface area contributed by atoms with E-state index in [1.165, 1.54) is 10.7 Å². The van der Waals surface area contributed by atoms with Gasteiger partial charge in [0.05, 0.1) is 5.69 Å². The van der Waals surface area contributed by atoms with Crippen molar-refractivity contribution in [2.75, 3.05) is 0 Å². The highest BCUT2D eigenvalue weighted by atomic mass is 79.9. The highest BCUT2D eigenvalue weighted by Gasteiger charge is 2.19. The van der Waals surface area contributed by atoms with Gasteiger partial charge in [-0.15, -0.1) is 0 Å². The number of halogens is 4. The second-order valence-electron chi connectivity index (χ2n) is 3.29. The topological polar surface area (TPSA) is 55.1 Å². The minimum Gasteiger partial charge on any atom is -0.477 e. The lowest BCUT2D eigenvalue weighted by molar-refractivity contribution is 0.0687. The number of hydrogen-bond acceptors (Lipinski definition) is 2. The summed E-state index contributed by atoms with van der Waals surface area (Å²) in [6, 6.07) is 5.09. The molecule has 0 radical (unpaired) electrons. The van der Waals surface area contributed by atoms with E-state index in [-0.39, 0.29) is 5.69 Å². The molecular weight excluding hydrogens is 500 g/mol. The zero-order valence-electron chi connectivity index (χ0n) is 8.49. The van der Waals surface area contributed by atoms with Gasteiger partial charge in [-0.1, -0.05) is 15.9 Å². The van der Waals surface area contributed by atoms with Crippen LogP contribution in [0.3, 0.4) is 0 Å². The average molecular weight is 504 g/mol. The highest BCUT2D eigenvalue weighted by Crippen LogP contribution is 2.33. The third-order valence-electron chi connectivity index (χ3n) is 2.09. The van der Waals surface area contributed by atoms with Crippen LogP contribution in [0.1, 0.15) is 10.5 Å². The Labute approximate surface area is 136 Å². The van der Waals surface area contributed by atoms with Crippen molar-refractivity contribution in [3.8, 4) is 5.69 Å². The first-order chi connectivity index (χ1) is 8.40. The van der Waals surface area contributed by atoms with Crippen molar-refractivity contribution in [3.63, 3.8) is 0 Å². The molecule has 0 saturated carbocycles. The number of carbonyl (C=O) groups is 1. The van der Waals surface area contributed by atoms with Crippen LogP contribution in [-0.2, 0) is 0 Å². The van der Waals surface area contributed by atoms with Crippen molar-refractivity contribution < 1.29 is 9.90 Å². The molecule has 0 unspecified atom stereocenters. The molecular formula is C10H4Br4N2O2. The van der Waals surface area contributed by atoms with E-state index in [0.29, 0.717) is 10.3 Å². The van der Waals surface area contributed by atoms with Gasteiger partial charge in [0, 0.05) is 19.5 Å². The van der Waals surface area contributed by atoms with Crippen LogP contribution in [0.5, 0.6) is 0 Å². The quantitative estimate of drug-likeness (QED) is 0.651. The second-order valence-corrected chi connectivity index (χ2v) is 6.72. The van der Waals surface area contributed by atoms with Gasteiger partial charge in [-0.05, 0) is 59.9 Å². The summed E-state index contributed by atoms with van der Waals surface area (Å²) in [6.45, 7) is 0. The fraction of sp³-hybridized carbons (Fsp3) is 0. The van der Waals surface area contributed by atoms with Gasteiger partial charge in [-0.2, -0.15) is 5.10 Å². The van der Waals surface area contributed by atoms with Gasteiger partial charge in [0.1, 0.15) is 4.60 Å². The van der Waals surface area contributed by atoms with Crippen molar-refractivity contribution >= 4 is 69.7 Å². The molecule has 8 heteroatoms. The molecule has 4 nitrogen and oxygen atoms in total. The van der Waals surface area contributed by atoms with Crippen LogP contribution >= 0.6 is 63.7 Å². The maximum Gasteiger partial charge on any atom is 0.354 e. The number of carboxylic acids is 1. The summed E-state index contributed by atoms with van der Waals surface area (Å²) < 4.78 is 4.13. The zero-order chi connectivity index (χ0) is 13.4. The lowest BCUT2D eigenvalue weighted by Gasteiger charge is -2.10. The van der Waals surface area contributed by atoms with Crippen LogP contribution in [0.15, 0.2) is 36.2 Å². The number of benzene rings is 1. The fourth-order valence-electron chi connectivity index (χ4n) is 1.41. The van der Waals surface area contributed by atoms with Crippen LogP contribution in [-0.4, -0.2) is 20.9 Å². The van der Waals surface area contributed by atoms with Gasteiger partial charge >= 0.3 is 5.97 Å². The van der Waals surface area contributed by atoms with E-state index in [2.05, 4.69) is 68.8 Å². The normalized spacial score (nSPS) is 10.7. The van der Waals surface area contributed by atoms with Crippen LogP contribution in [0.2, 0.25) is 0 Å². The Balaban J connectivity index is 2.73. The minimum atomic E-state index is -1.05. The number of hydrogen-bond donors (Lipinski definition) is 1. The Morgan fingerprint density at radius 2 is 1.67 bits per heavy atom. The zero-order valence-corrected chi connectivity index (χ0v) is 14.8. The van der Waals surface area contributed by atoms with E-state index >= 15 is 0 Å². The lowest BCUT2D eigenvalue weighted by Crippen LogP contribution is -2.09. The molecule has 1 aromatic carbocycles. The first kappa shape index (κ1) is 14.2. The number of rotatable bonds is 2. The third-order valence-corrected chi connectivity index (χ3v) is 4.15. The van der Waals surface area contributed by atoms with E-state index in [1.807, 2.05) is 12.1 Å². The summed E-state index contributed by atoms with van der Waals surface area (Å²) in [5, 5.41) is 13.3. The first-order valence-corrected chi connectivity index (χ1v) is 7.71. The van der Waals surface area contributed by atoms with Gasteiger partial charge in [0.25, 0.3) is 0 Å². The molecule has 0 aliphatic heterocycles.